The molecule has 0 spiro atoms. The van der Waals surface area contributed by atoms with Crippen molar-refractivity contribution in [1.82, 2.24) is 14.9 Å². The van der Waals surface area contributed by atoms with Gasteiger partial charge in [0.2, 0.25) is 10.0 Å². The maximum absolute atomic E-state index is 12.2. The molecule has 2 atom stereocenters. The predicted octanol–water partition coefficient (Wildman–Crippen LogP) is 2.29. The molecule has 2 unspecified atom stereocenters. The number of carbonyl (C=O) groups is 1. The lowest BCUT2D eigenvalue weighted by Crippen LogP contribution is -2.46. The number of benzene rings is 1. The first-order valence-electron chi connectivity index (χ1n) is 8.35. The molecule has 1 saturated heterocycles. The van der Waals surface area contributed by atoms with Crippen molar-refractivity contribution in [2.45, 2.75) is 24.1 Å². The summed E-state index contributed by atoms with van der Waals surface area (Å²) in [5.41, 5.74) is 0.577. The Morgan fingerprint density at radius 2 is 1.93 bits per heavy atom. The molecule has 1 aromatic rings. The molecule has 0 radical (unpaired) electrons. The van der Waals surface area contributed by atoms with E-state index in [0.29, 0.717) is 36.2 Å². The minimum atomic E-state index is -4.96. The van der Waals surface area contributed by atoms with Crippen LogP contribution in [0.15, 0.2) is 30.3 Å². The number of likely N-dealkylation sites (tertiary alicyclic amines) is 1. The first-order valence-corrected chi connectivity index (χ1v) is 10.9. The Labute approximate surface area is 164 Å². The Kier molecular flexibility index (Phi) is 7.66. The lowest BCUT2D eigenvalue weighted by molar-refractivity contribution is -0.138. The minimum Gasteiger partial charge on any atom is -0.352 e. The molecule has 11 heteroatoms. The first-order chi connectivity index (χ1) is 12.6. The van der Waals surface area contributed by atoms with Gasteiger partial charge in [0, 0.05) is 18.7 Å². The summed E-state index contributed by atoms with van der Waals surface area (Å²) >= 11 is 3.45. The molecular formula is C16H21BrF3N3O3S. The summed E-state index contributed by atoms with van der Waals surface area (Å²) in [4.78, 5) is 13.7. The summed E-state index contributed by atoms with van der Waals surface area (Å²) in [5.74, 6) is -0.596. The van der Waals surface area contributed by atoms with E-state index in [-0.39, 0.29) is 23.3 Å². The van der Waals surface area contributed by atoms with E-state index in [9.17, 15) is 26.4 Å². The Morgan fingerprint density at radius 3 is 2.52 bits per heavy atom. The van der Waals surface area contributed by atoms with Gasteiger partial charge in [-0.2, -0.15) is 13.2 Å². The van der Waals surface area contributed by atoms with E-state index in [4.69, 9.17) is 0 Å². The fourth-order valence-corrected chi connectivity index (χ4v) is 4.73. The van der Waals surface area contributed by atoms with Crippen molar-refractivity contribution in [3.63, 3.8) is 0 Å². The van der Waals surface area contributed by atoms with Gasteiger partial charge in [0.25, 0.3) is 5.91 Å². The SMILES string of the molecule is O=C(NCC1CCN(CCS(=O)(=O)NC(F)(F)F)C(Br)C1)c1ccccc1. The fraction of sp³-hybridized carbons (Fsp3) is 0.562. The quantitative estimate of drug-likeness (QED) is 0.472. The summed E-state index contributed by atoms with van der Waals surface area (Å²) in [6, 6.07) is 8.83. The number of piperidine rings is 1. The normalized spacial score (nSPS) is 21.8. The van der Waals surface area contributed by atoms with Crippen LogP contribution in [-0.2, 0) is 10.0 Å². The van der Waals surface area contributed by atoms with Gasteiger partial charge in [-0.1, -0.05) is 34.1 Å². The van der Waals surface area contributed by atoms with Crippen molar-refractivity contribution in [1.29, 1.82) is 0 Å². The van der Waals surface area contributed by atoms with Crippen LogP contribution in [0.25, 0.3) is 0 Å². The zero-order valence-corrected chi connectivity index (χ0v) is 16.8. The summed E-state index contributed by atoms with van der Waals surface area (Å²) < 4.78 is 60.1. The molecule has 1 aromatic carbocycles. The topological polar surface area (TPSA) is 78.5 Å². The summed E-state index contributed by atoms with van der Waals surface area (Å²) in [6.45, 7) is 1.01. The van der Waals surface area contributed by atoms with Crippen LogP contribution in [0, 0.1) is 5.92 Å². The van der Waals surface area contributed by atoms with E-state index >= 15 is 0 Å². The van der Waals surface area contributed by atoms with Gasteiger partial charge in [0.15, 0.2) is 0 Å². The molecule has 2 N–H and O–H groups in total. The number of nitrogens with zero attached hydrogens (tertiary/aromatic N) is 1. The highest BCUT2D eigenvalue weighted by molar-refractivity contribution is 9.09. The van der Waals surface area contributed by atoms with Crippen LogP contribution in [0.2, 0.25) is 0 Å². The van der Waals surface area contributed by atoms with Crippen molar-refractivity contribution < 1.29 is 26.4 Å². The molecule has 0 saturated carbocycles. The standard InChI is InChI=1S/C16H21BrF3N3O3S/c17-14-10-12(11-21-15(24)13-4-2-1-3-5-13)6-7-23(14)8-9-27(25,26)22-16(18,19)20/h1-5,12,14,22H,6-11H2,(H,21,24). The second kappa shape index (κ2) is 9.35. The average Bonchev–Trinajstić information content (AvgIpc) is 2.57. The minimum absolute atomic E-state index is 0.00950. The largest absolute Gasteiger partial charge is 0.470 e. The van der Waals surface area contributed by atoms with Crippen molar-refractivity contribution >= 4 is 31.9 Å². The van der Waals surface area contributed by atoms with Crippen LogP contribution < -0.4 is 10.0 Å². The number of alkyl halides is 4. The van der Waals surface area contributed by atoms with Crippen LogP contribution in [0.1, 0.15) is 23.2 Å². The van der Waals surface area contributed by atoms with Gasteiger partial charge in [-0.05, 0) is 37.4 Å². The summed E-state index contributed by atoms with van der Waals surface area (Å²) in [7, 11) is -4.42. The maximum Gasteiger partial charge on any atom is 0.470 e. The molecule has 152 valence electrons. The number of carbonyl (C=O) groups excluding carboxylic acids is 1. The number of hydrogen-bond acceptors (Lipinski definition) is 4. The van der Waals surface area contributed by atoms with Crippen LogP contribution in [-0.4, -0.2) is 55.9 Å². The molecule has 2 rings (SSSR count). The Hall–Kier alpha value is -1.17. The zero-order chi connectivity index (χ0) is 20.1. The number of rotatable bonds is 7. The third-order valence-corrected chi connectivity index (χ3v) is 6.47. The van der Waals surface area contributed by atoms with E-state index in [2.05, 4.69) is 21.2 Å². The van der Waals surface area contributed by atoms with Crippen LogP contribution >= 0.6 is 15.9 Å². The highest BCUT2D eigenvalue weighted by Crippen LogP contribution is 2.26. The number of sulfonamides is 1. The van der Waals surface area contributed by atoms with E-state index in [1.165, 1.54) is 0 Å². The van der Waals surface area contributed by atoms with E-state index < -0.39 is 22.1 Å². The molecule has 1 fully saturated rings. The molecule has 1 heterocycles. The van der Waals surface area contributed by atoms with E-state index in [1.807, 2.05) is 6.07 Å². The van der Waals surface area contributed by atoms with Gasteiger partial charge in [-0.3, -0.25) is 9.69 Å². The Morgan fingerprint density at radius 1 is 1.26 bits per heavy atom. The number of amides is 1. The van der Waals surface area contributed by atoms with Crippen LogP contribution in [0.4, 0.5) is 13.2 Å². The third-order valence-electron chi connectivity index (χ3n) is 4.25. The van der Waals surface area contributed by atoms with Gasteiger partial charge in [-0.15, -0.1) is 4.72 Å². The average molecular weight is 472 g/mol. The summed E-state index contributed by atoms with van der Waals surface area (Å²) in [5, 5.41) is 2.88. The molecule has 0 aromatic heterocycles. The summed E-state index contributed by atoms with van der Waals surface area (Å²) in [6.07, 6.45) is -3.59. The van der Waals surface area contributed by atoms with Crippen molar-refractivity contribution in [2.24, 2.45) is 5.92 Å². The third kappa shape index (κ3) is 7.76. The number of hydrogen-bond donors (Lipinski definition) is 2. The van der Waals surface area contributed by atoms with Crippen molar-refractivity contribution in [3.8, 4) is 0 Å². The van der Waals surface area contributed by atoms with Gasteiger partial charge >= 0.3 is 6.30 Å². The molecule has 1 amide bonds. The van der Waals surface area contributed by atoms with Gasteiger partial charge in [-0.25, -0.2) is 8.42 Å². The van der Waals surface area contributed by atoms with Crippen molar-refractivity contribution in [3.05, 3.63) is 35.9 Å². The molecule has 6 nitrogen and oxygen atoms in total. The van der Waals surface area contributed by atoms with Gasteiger partial charge < -0.3 is 5.32 Å². The predicted molar refractivity (Wildman–Crippen MR) is 98.8 cm³/mol. The molecule has 1 aliphatic rings. The second-order valence-electron chi connectivity index (χ2n) is 6.36. The maximum atomic E-state index is 12.2. The molecule has 0 bridgehead atoms. The second-order valence-corrected chi connectivity index (χ2v) is 9.25. The monoisotopic (exact) mass is 471 g/mol. The van der Waals surface area contributed by atoms with Crippen molar-refractivity contribution in [2.75, 3.05) is 25.4 Å². The Balaban J connectivity index is 1.76. The van der Waals surface area contributed by atoms with Crippen LogP contribution in [0.3, 0.4) is 0 Å². The van der Waals surface area contributed by atoms with Crippen LogP contribution in [0.5, 0.6) is 0 Å². The highest BCUT2D eigenvalue weighted by atomic mass is 79.9. The zero-order valence-electron chi connectivity index (χ0n) is 14.4. The molecule has 0 aliphatic carbocycles. The first kappa shape index (κ1) is 22.1. The molecule has 1 aliphatic heterocycles. The smallest absolute Gasteiger partial charge is 0.352 e. The van der Waals surface area contributed by atoms with E-state index in [1.54, 1.807) is 29.2 Å². The lowest BCUT2D eigenvalue weighted by atomic mass is 9.96. The number of halogens is 4. The van der Waals surface area contributed by atoms with E-state index in [0.717, 1.165) is 0 Å². The van der Waals surface area contributed by atoms with Gasteiger partial charge in [0.05, 0.1) is 10.7 Å². The number of nitrogens with one attached hydrogen (secondary N) is 2. The van der Waals surface area contributed by atoms with Gasteiger partial charge in [0.1, 0.15) is 0 Å². The highest BCUT2D eigenvalue weighted by Gasteiger charge is 2.35. The molecule has 27 heavy (non-hydrogen) atoms. The lowest BCUT2D eigenvalue weighted by Gasteiger charge is -2.36. The fourth-order valence-electron chi connectivity index (χ4n) is 2.86. The molecular weight excluding hydrogens is 451 g/mol. The Bertz CT molecular complexity index is 731.